The molecule has 0 saturated heterocycles. The van der Waals surface area contributed by atoms with Crippen molar-refractivity contribution in [1.29, 1.82) is 0 Å². The van der Waals surface area contributed by atoms with Crippen LogP contribution in [0.2, 0.25) is 0 Å². The zero-order valence-electron chi connectivity index (χ0n) is 12.9. The predicted octanol–water partition coefficient (Wildman–Crippen LogP) is 2.83. The van der Waals surface area contributed by atoms with Gasteiger partial charge in [-0.05, 0) is 35.4 Å². The van der Waals surface area contributed by atoms with E-state index in [0.29, 0.717) is 0 Å². The highest BCUT2D eigenvalue weighted by molar-refractivity contribution is 5.41. The Bertz CT molecular complexity index is 534. The fourth-order valence-electron chi connectivity index (χ4n) is 1.92. The summed E-state index contributed by atoms with van der Waals surface area (Å²) in [5, 5.41) is 32.4. The van der Waals surface area contributed by atoms with Gasteiger partial charge in [0, 0.05) is 5.41 Å². The highest BCUT2D eigenvalue weighted by Crippen LogP contribution is 2.32. The van der Waals surface area contributed by atoms with Crippen LogP contribution in [0.15, 0.2) is 48.5 Å². The summed E-state index contributed by atoms with van der Waals surface area (Å²) < 4.78 is 0. The number of hydrogen-bond donors (Lipinski definition) is 4. The van der Waals surface area contributed by atoms with Gasteiger partial charge in [0.1, 0.15) is 11.5 Å². The zero-order valence-corrected chi connectivity index (χ0v) is 12.9. The van der Waals surface area contributed by atoms with Gasteiger partial charge < -0.3 is 20.4 Å². The minimum atomic E-state index is -0.250. The predicted molar refractivity (Wildman–Crippen MR) is 85.7 cm³/mol. The molecule has 0 aromatic heterocycles. The van der Waals surface area contributed by atoms with Gasteiger partial charge in [0.15, 0.2) is 0 Å². The Labute approximate surface area is 134 Å². The molecule has 6 heteroatoms. The van der Waals surface area contributed by atoms with Crippen LogP contribution >= 0.6 is 0 Å². The standard InChI is InChI=1S/C15H16O2.2CH2O2/c1-15(2,11-3-7-13(16)8-4-11)12-5-9-14(17)10-6-12;2*2-1-3/h3-10,16-17H,1-2H3;2*1H,(H,2,3). The summed E-state index contributed by atoms with van der Waals surface area (Å²) in [6.45, 7) is 3.73. The third-order valence-corrected chi connectivity index (χ3v) is 3.18. The van der Waals surface area contributed by atoms with Gasteiger partial charge in [-0.1, -0.05) is 38.1 Å². The molecule has 4 N–H and O–H groups in total. The van der Waals surface area contributed by atoms with E-state index in [1.807, 2.05) is 24.3 Å². The molecular formula is C17H20O6. The summed E-state index contributed by atoms with van der Waals surface area (Å²) in [7, 11) is 0. The van der Waals surface area contributed by atoms with E-state index < -0.39 is 0 Å². The average Bonchev–Trinajstić information content (AvgIpc) is 2.50. The molecule has 0 aliphatic rings. The molecule has 0 heterocycles. The molecule has 0 bridgehead atoms. The quantitative estimate of drug-likeness (QED) is 0.632. The van der Waals surface area contributed by atoms with E-state index in [1.54, 1.807) is 24.3 Å². The second kappa shape index (κ2) is 9.83. The Morgan fingerprint density at radius 1 is 0.696 bits per heavy atom. The molecule has 0 aliphatic carbocycles. The van der Waals surface area contributed by atoms with Crippen LogP contribution in [0.1, 0.15) is 25.0 Å². The van der Waals surface area contributed by atoms with Gasteiger partial charge in [0.25, 0.3) is 12.9 Å². The summed E-state index contributed by atoms with van der Waals surface area (Å²) >= 11 is 0. The molecule has 23 heavy (non-hydrogen) atoms. The van der Waals surface area contributed by atoms with Crippen LogP contribution in [0.3, 0.4) is 0 Å². The number of carboxylic acid groups (broad SMARTS) is 2. The molecule has 0 unspecified atom stereocenters. The molecule has 0 radical (unpaired) electrons. The Morgan fingerprint density at radius 3 is 1.13 bits per heavy atom. The van der Waals surface area contributed by atoms with E-state index in [1.165, 1.54) is 0 Å². The summed E-state index contributed by atoms with van der Waals surface area (Å²) in [6.07, 6.45) is 0. The number of carbonyl (C=O) groups is 2. The van der Waals surface area contributed by atoms with E-state index in [0.717, 1.165) is 11.1 Å². The van der Waals surface area contributed by atoms with Gasteiger partial charge in [-0.25, -0.2) is 0 Å². The lowest BCUT2D eigenvalue weighted by atomic mass is 9.78. The highest BCUT2D eigenvalue weighted by Gasteiger charge is 2.22. The summed E-state index contributed by atoms with van der Waals surface area (Å²) in [5.41, 5.74) is 2.10. The van der Waals surface area contributed by atoms with Gasteiger partial charge in [-0.3, -0.25) is 9.59 Å². The first-order chi connectivity index (χ1) is 10.8. The van der Waals surface area contributed by atoms with Gasteiger partial charge in [-0.2, -0.15) is 0 Å². The molecule has 0 saturated carbocycles. The Balaban J connectivity index is 0.000000704. The number of hydrogen-bond acceptors (Lipinski definition) is 4. The minimum absolute atomic E-state index is 0.151. The molecular weight excluding hydrogens is 300 g/mol. The number of rotatable bonds is 2. The lowest BCUT2D eigenvalue weighted by Crippen LogP contribution is -2.18. The van der Waals surface area contributed by atoms with Gasteiger partial charge in [-0.15, -0.1) is 0 Å². The molecule has 124 valence electrons. The third kappa shape index (κ3) is 6.52. The van der Waals surface area contributed by atoms with Crippen molar-refractivity contribution in [3.05, 3.63) is 59.7 Å². The van der Waals surface area contributed by atoms with Crippen molar-refractivity contribution < 1.29 is 30.0 Å². The van der Waals surface area contributed by atoms with E-state index in [2.05, 4.69) is 13.8 Å². The van der Waals surface area contributed by atoms with E-state index in [4.69, 9.17) is 19.8 Å². The number of phenolic OH excluding ortho intramolecular Hbond substituents is 2. The van der Waals surface area contributed by atoms with E-state index in [9.17, 15) is 10.2 Å². The van der Waals surface area contributed by atoms with Crippen LogP contribution in [0, 0.1) is 0 Å². The van der Waals surface area contributed by atoms with Crippen LogP contribution in [0.25, 0.3) is 0 Å². The largest absolute Gasteiger partial charge is 0.508 e. The van der Waals surface area contributed by atoms with Gasteiger partial charge in [0.2, 0.25) is 0 Å². The van der Waals surface area contributed by atoms with Crippen LogP contribution in [0.4, 0.5) is 0 Å². The van der Waals surface area contributed by atoms with Crippen molar-refractivity contribution in [2.75, 3.05) is 0 Å². The van der Waals surface area contributed by atoms with Crippen LogP contribution in [-0.4, -0.2) is 33.4 Å². The zero-order chi connectivity index (χ0) is 17.9. The molecule has 0 fully saturated rings. The molecule has 0 amide bonds. The van der Waals surface area contributed by atoms with Crippen molar-refractivity contribution in [1.82, 2.24) is 0 Å². The first-order valence-electron chi connectivity index (χ1n) is 6.58. The summed E-state index contributed by atoms with van der Waals surface area (Å²) in [4.78, 5) is 16.7. The maximum atomic E-state index is 9.30. The van der Waals surface area contributed by atoms with Crippen LogP contribution < -0.4 is 0 Å². The lowest BCUT2D eigenvalue weighted by Gasteiger charge is -2.26. The molecule has 2 aromatic rings. The number of benzene rings is 2. The maximum absolute atomic E-state index is 9.30. The molecule has 6 nitrogen and oxygen atoms in total. The SMILES string of the molecule is CC(C)(c1ccc(O)cc1)c1ccc(O)cc1.O=CO.O=CO. The highest BCUT2D eigenvalue weighted by atomic mass is 16.3. The summed E-state index contributed by atoms with van der Waals surface area (Å²) in [6, 6.07) is 14.4. The van der Waals surface area contributed by atoms with Crippen LogP contribution in [-0.2, 0) is 15.0 Å². The monoisotopic (exact) mass is 320 g/mol. The van der Waals surface area contributed by atoms with E-state index in [-0.39, 0.29) is 29.9 Å². The van der Waals surface area contributed by atoms with Gasteiger partial charge in [0.05, 0.1) is 0 Å². The second-order valence-electron chi connectivity index (χ2n) is 4.93. The van der Waals surface area contributed by atoms with Crippen molar-refractivity contribution in [3.63, 3.8) is 0 Å². The van der Waals surface area contributed by atoms with Crippen molar-refractivity contribution in [2.45, 2.75) is 19.3 Å². The molecule has 0 spiro atoms. The van der Waals surface area contributed by atoms with Crippen molar-refractivity contribution >= 4 is 12.9 Å². The molecule has 2 rings (SSSR count). The second-order valence-corrected chi connectivity index (χ2v) is 4.93. The normalized spacial score (nSPS) is 9.48. The fourth-order valence-corrected chi connectivity index (χ4v) is 1.92. The Morgan fingerprint density at radius 2 is 0.913 bits per heavy atom. The lowest BCUT2D eigenvalue weighted by molar-refractivity contribution is -0.123. The third-order valence-electron chi connectivity index (χ3n) is 3.18. The first-order valence-corrected chi connectivity index (χ1v) is 6.58. The smallest absolute Gasteiger partial charge is 0.290 e. The number of aromatic hydroxyl groups is 2. The molecule has 2 aromatic carbocycles. The Hall–Kier alpha value is -3.02. The number of phenols is 2. The first kappa shape index (κ1) is 20.0. The van der Waals surface area contributed by atoms with Crippen molar-refractivity contribution in [2.24, 2.45) is 0 Å². The average molecular weight is 320 g/mol. The minimum Gasteiger partial charge on any atom is -0.508 e. The van der Waals surface area contributed by atoms with Gasteiger partial charge >= 0.3 is 0 Å². The molecule has 0 atom stereocenters. The Kier molecular flexibility index (Phi) is 8.54. The van der Waals surface area contributed by atoms with Crippen LogP contribution in [0.5, 0.6) is 11.5 Å². The fraction of sp³-hybridized carbons (Fsp3) is 0.176. The molecule has 0 aliphatic heterocycles. The topological polar surface area (TPSA) is 115 Å². The van der Waals surface area contributed by atoms with E-state index >= 15 is 0 Å². The maximum Gasteiger partial charge on any atom is 0.290 e. The summed E-state index contributed by atoms with van der Waals surface area (Å²) in [5.74, 6) is 0.547. The van der Waals surface area contributed by atoms with Crippen molar-refractivity contribution in [3.8, 4) is 11.5 Å².